The van der Waals surface area contributed by atoms with Crippen molar-refractivity contribution >= 4 is 29.1 Å². The van der Waals surface area contributed by atoms with Crippen LogP contribution in [0.1, 0.15) is 40.4 Å². The number of aryl methyl sites for hydroxylation is 1. The molecule has 1 atom stereocenters. The van der Waals surface area contributed by atoms with Gasteiger partial charge in [-0.05, 0) is 66.8 Å². The lowest BCUT2D eigenvalue weighted by molar-refractivity contribution is 0.0933. The van der Waals surface area contributed by atoms with Gasteiger partial charge in [0.2, 0.25) is 0 Å². The Balaban J connectivity index is 1.32. The number of hydrogen-bond donors (Lipinski definition) is 2. The Bertz CT molecular complexity index is 1280. The van der Waals surface area contributed by atoms with Gasteiger partial charge >= 0.3 is 0 Å². The van der Waals surface area contributed by atoms with Crippen LogP contribution < -0.4 is 5.32 Å². The van der Waals surface area contributed by atoms with Gasteiger partial charge in [0, 0.05) is 21.7 Å². The minimum absolute atomic E-state index is 0.0603. The Hall–Kier alpha value is -3.08. The van der Waals surface area contributed by atoms with E-state index in [2.05, 4.69) is 33.7 Å². The van der Waals surface area contributed by atoms with E-state index in [1.165, 1.54) is 11.1 Å². The molecule has 3 aromatic carbocycles. The smallest absolute Gasteiger partial charge is 0.251 e. The van der Waals surface area contributed by atoms with Crippen LogP contribution in [0.5, 0.6) is 0 Å². The lowest BCUT2D eigenvalue weighted by atomic mass is 9.87. The molecule has 0 bridgehead atoms. The first kappa shape index (κ1) is 20.8. The highest BCUT2D eigenvalue weighted by Crippen LogP contribution is 2.32. The summed E-state index contributed by atoms with van der Waals surface area (Å²) in [5, 5.41) is 11.8. The molecule has 32 heavy (non-hydrogen) atoms. The van der Waals surface area contributed by atoms with E-state index >= 15 is 0 Å². The van der Waals surface area contributed by atoms with Gasteiger partial charge in [-0.1, -0.05) is 59.6 Å². The van der Waals surface area contributed by atoms with Gasteiger partial charge in [0.15, 0.2) is 0 Å². The molecule has 1 amide bonds. The first-order valence-corrected chi connectivity index (χ1v) is 11.3. The highest BCUT2D eigenvalue weighted by Gasteiger charge is 2.22. The van der Waals surface area contributed by atoms with E-state index < -0.39 is 0 Å². The molecule has 0 saturated carbocycles. The van der Waals surface area contributed by atoms with Gasteiger partial charge in [-0.2, -0.15) is 5.10 Å². The third-order valence-corrected chi connectivity index (χ3v) is 6.46. The summed E-state index contributed by atoms with van der Waals surface area (Å²) < 4.78 is 0. The quantitative estimate of drug-likeness (QED) is 0.348. The monoisotopic (exact) mass is 461 g/mol. The van der Waals surface area contributed by atoms with Gasteiger partial charge in [-0.3, -0.25) is 9.89 Å². The Morgan fingerprint density at radius 2 is 1.81 bits per heavy atom. The Morgan fingerprint density at radius 1 is 1.00 bits per heavy atom. The third kappa shape index (κ3) is 4.16. The molecule has 4 nitrogen and oxygen atoms in total. The van der Waals surface area contributed by atoms with E-state index in [-0.39, 0.29) is 11.9 Å². The normalized spacial score (nSPS) is 15.2. The molecule has 5 rings (SSSR count). The van der Waals surface area contributed by atoms with E-state index in [9.17, 15) is 4.79 Å². The molecule has 4 aromatic rings. The second kappa shape index (κ2) is 8.81. The first-order chi connectivity index (χ1) is 15.6. The zero-order chi connectivity index (χ0) is 22.1. The number of aromatic nitrogens is 2. The van der Waals surface area contributed by atoms with Crippen molar-refractivity contribution in [3.8, 4) is 22.5 Å². The molecule has 0 unspecified atom stereocenters. The van der Waals surface area contributed by atoms with Crippen molar-refractivity contribution in [1.29, 1.82) is 0 Å². The molecule has 0 fully saturated rings. The van der Waals surface area contributed by atoms with Crippen LogP contribution in [0.25, 0.3) is 22.5 Å². The molecular formula is C26H21Cl2N3O. The number of carbonyl (C=O) groups is 1. The molecular weight excluding hydrogens is 441 g/mol. The van der Waals surface area contributed by atoms with Gasteiger partial charge in [-0.15, -0.1) is 0 Å². The van der Waals surface area contributed by atoms with Crippen molar-refractivity contribution in [2.45, 2.75) is 25.3 Å². The molecule has 1 aliphatic rings. The van der Waals surface area contributed by atoms with Gasteiger partial charge in [0.05, 0.1) is 22.5 Å². The molecule has 1 aliphatic carbocycles. The number of carbonyl (C=O) groups excluding carboxylic acids is 1. The lowest BCUT2D eigenvalue weighted by Gasteiger charge is -2.26. The number of benzene rings is 3. The summed E-state index contributed by atoms with van der Waals surface area (Å²) in [6, 6.07) is 23.2. The van der Waals surface area contributed by atoms with Crippen molar-refractivity contribution in [1.82, 2.24) is 15.5 Å². The maximum absolute atomic E-state index is 12.9. The second-order valence-corrected chi connectivity index (χ2v) is 8.83. The van der Waals surface area contributed by atoms with Crippen LogP contribution in [0.3, 0.4) is 0 Å². The van der Waals surface area contributed by atoms with Crippen LogP contribution in [-0.2, 0) is 6.42 Å². The fourth-order valence-corrected chi connectivity index (χ4v) is 4.76. The summed E-state index contributed by atoms with van der Waals surface area (Å²) in [5.41, 5.74) is 6.52. The molecule has 160 valence electrons. The predicted octanol–water partition coefficient (Wildman–Crippen LogP) is 6.86. The molecule has 0 radical (unpaired) electrons. The van der Waals surface area contributed by atoms with Gasteiger partial charge in [0.25, 0.3) is 5.91 Å². The van der Waals surface area contributed by atoms with Crippen molar-refractivity contribution < 1.29 is 4.79 Å². The van der Waals surface area contributed by atoms with Crippen LogP contribution in [0.15, 0.2) is 72.8 Å². The fourth-order valence-electron chi connectivity index (χ4n) is 4.25. The van der Waals surface area contributed by atoms with Crippen molar-refractivity contribution in [3.05, 3.63) is 99.5 Å². The maximum Gasteiger partial charge on any atom is 0.251 e. The van der Waals surface area contributed by atoms with Gasteiger partial charge in [0.1, 0.15) is 0 Å². The van der Waals surface area contributed by atoms with E-state index in [1.807, 2.05) is 42.5 Å². The van der Waals surface area contributed by atoms with Crippen molar-refractivity contribution in [3.63, 3.8) is 0 Å². The minimum atomic E-state index is -0.0612. The summed E-state index contributed by atoms with van der Waals surface area (Å²) in [4.78, 5) is 12.9. The molecule has 0 aliphatic heterocycles. The molecule has 0 saturated heterocycles. The number of rotatable bonds is 4. The SMILES string of the molecule is O=C(N[C@@H]1CCCc2ccccc21)c1ccc(-c2cc(-c3ccc(Cl)cc3Cl)[nH]n2)cc1. The largest absolute Gasteiger partial charge is 0.345 e. The van der Waals surface area contributed by atoms with Crippen LogP contribution in [0, 0.1) is 0 Å². The molecule has 1 aromatic heterocycles. The van der Waals surface area contributed by atoms with Crippen LogP contribution in [0.2, 0.25) is 10.0 Å². The maximum atomic E-state index is 12.9. The van der Waals surface area contributed by atoms with Crippen molar-refractivity contribution in [2.75, 3.05) is 0 Å². The summed E-state index contributed by atoms with van der Waals surface area (Å²) in [6.45, 7) is 0. The highest BCUT2D eigenvalue weighted by molar-refractivity contribution is 6.36. The average Bonchev–Trinajstić information content (AvgIpc) is 3.29. The lowest BCUT2D eigenvalue weighted by Crippen LogP contribution is -2.30. The Kier molecular flexibility index (Phi) is 5.73. The molecule has 1 heterocycles. The van der Waals surface area contributed by atoms with Gasteiger partial charge < -0.3 is 5.32 Å². The van der Waals surface area contributed by atoms with E-state index in [0.717, 1.165) is 41.8 Å². The van der Waals surface area contributed by atoms with E-state index in [1.54, 1.807) is 12.1 Å². The molecule has 0 spiro atoms. The Labute approximate surface area is 196 Å². The fraction of sp³-hybridized carbons (Fsp3) is 0.154. The summed E-state index contributed by atoms with van der Waals surface area (Å²) in [6.07, 6.45) is 3.12. The molecule has 6 heteroatoms. The number of fused-ring (bicyclic) bond motifs is 1. The van der Waals surface area contributed by atoms with E-state index in [0.29, 0.717) is 15.6 Å². The van der Waals surface area contributed by atoms with Crippen LogP contribution in [-0.4, -0.2) is 16.1 Å². The number of nitrogens with zero attached hydrogens (tertiary/aromatic N) is 1. The number of amides is 1. The summed E-state index contributed by atoms with van der Waals surface area (Å²) in [7, 11) is 0. The number of aromatic amines is 1. The highest BCUT2D eigenvalue weighted by atomic mass is 35.5. The first-order valence-electron chi connectivity index (χ1n) is 10.6. The number of nitrogens with one attached hydrogen (secondary N) is 2. The number of hydrogen-bond acceptors (Lipinski definition) is 2. The topological polar surface area (TPSA) is 57.8 Å². The zero-order valence-corrected chi connectivity index (χ0v) is 18.8. The molecule has 2 N–H and O–H groups in total. The number of halogens is 2. The standard InChI is InChI=1S/C26H21Cl2N3O/c27-19-12-13-21(22(28)14-19)25-15-24(30-31-25)17-8-10-18(11-9-17)26(32)29-23-7-3-5-16-4-1-2-6-20(16)23/h1-2,4,6,8-15,23H,3,5,7H2,(H,29,32)(H,30,31)/t23-/m1/s1. The van der Waals surface area contributed by atoms with Crippen LogP contribution >= 0.6 is 23.2 Å². The van der Waals surface area contributed by atoms with Gasteiger partial charge in [-0.25, -0.2) is 0 Å². The zero-order valence-electron chi connectivity index (χ0n) is 17.2. The van der Waals surface area contributed by atoms with E-state index in [4.69, 9.17) is 23.2 Å². The minimum Gasteiger partial charge on any atom is -0.345 e. The predicted molar refractivity (Wildman–Crippen MR) is 129 cm³/mol. The number of H-pyrrole nitrogens is 1. The second-order valence-electron chi connectivity index (χ2n) is 7.99. The Morgan fingerprint density at radius 3 is 2.62 bits per heavy atom. The van der Waals surface area contributed by atoms with Crippen LogP contribution in [0.4, 0.5) is 0 Å². The average molecular weight is 462 g/mol. The van der Waals surface area contributed by atoms with Crippen molar-refractivity contribution in [2.24, 2.45) is 0 Å². The third-order valence-electron chi connectivity index (χ3n) is 5.92. The summed E-state index contributed by atoms with van der Waals surface area (Å²) >= 11 is 12.3. The summed E-state index contributed by atoms with van der Waals surface area (Å²) in [5.74, 6) is -0.0612.